The van der Waals surface area contributed by atoms with Gasteiger partial charge in [0.15, 0.2) is 11.6 Å². The zero-order valence-electron chi connectivity index (χ0n) is 55.4. The summed E-state index contributed by atoms with van der Waals surface area (Å²) in [7, 11) is 12.1. The van der Waals surface area contributed by atoms with Crippen LogP contribution in [-0.2, 0) is 110 Å². The molecule has 1 saturated carbocycles. The van der Waals surface area contributed by atoms with Crippen LogP contribution in [0.15, 0.2) is 12.2 Å². The molecule has 1 heterocycles. The van der Waals surface area contributed by atoms with Gasteiger partial charge in [0, 0.05) is 63.9 Å². The number of Topliss-reactive ketones (excluding diaryl/α,β-unsaturated/α-hetero) is 2. The van der Waals surface area contributed by atoms with Gasteiger partial charge in [0.05, 0.1) is 77.5 Å². The number of unbranched alkanes of at least 4 members (excludes halogenated alkanes) is 5. The van der Waals surface area contributed by atoms with E-state index in [4.69, 9.17) is 9.47 Å². The van der Waals surface area contributed by atoms with E-state index >= 15 is 0 Å². The highest BCUT2D eigenvalue weighted by Crippen LogP contribution is 2.16. The minimum Gasteiger partial charge on any atom is -0.469 e. The molecule has 34 heteroatoms. The first-order valence-electron chi connectivity index (χ1n) is 29.5. The third-order valence-corrected chi connectivity index (χ3v) is 12.0. The number of nitrogens with one attached hydrogen (secondary N) is 6. The Morgan fingerprint density at radius 2 is 0.815 bits per heavy atom. The second-order valence-electron chi connectivity index (χ2n) is 18.2. The summed E-state index contributed by atoms with van der Waals surface area (Å²) in [4.78, 5) is 182. The molecule has 526 valence electrons. The molecule has 1 aliphatic heterocycles. The fraction of sp³-hybridized carbons (Fsp3) is 0.690. The van der Waals surface area contributed by atoms with Gasteiger partial charge in [0.2, 0.25) is 12.0 Å². The highest BCUT2D eigenvalue weighted by Gasteiger charge is 2.36. The molecule has 7 amide bonds. The van der Waals surface area contributed by atoms with E-state index in [9.17, 15) is 76.7 Å². The van der Waals surface area contributed by atoms with Crippen molar-refractivity contribution >= 4 is 95.4 Å². The molecule has 0 aromatic heterocycles. The quantitative estimate of drug-likeness (QED) is 0.0177. The van der Waals surface area contributed by atoms with Gasteiger partial charge in [-0.3, -0.25) is 43.3 Å². The Bertz CT molecular complexity index is 2280. The summed E-state index contributed by atoms with van der Waals surface area (Å²) < 4.78 is 49.5. The highest BCUT2D eigenvalue weighted by molar-refractivity contribution is 6.13. The Hall–Kier alpha value is -8.98. The van der Waals surface area contributed by atoms with Crippen molar-refractivity contribution < 1.29 is 129 Å². The van der Waals surface area contributed by atoms with Crippen LogP contribution in [0, 0.1) is 0 Å². The predicted octanol–water partition coefficient (Wildman–Crippen LogP) is 2.26. The molecule has 4 unspecified atom stereocenters. The van der Waals surface area contributed by atoms with Crippen molar-refractivity contribution in [2.24, 2.45) is 0 Å². The molecule has 4 atom stereocenters. The van der Waals surface area contributed by atoms with Crippen molar-refractivity contribution in [2.75, 3.05) is 97.3 Å². The monoisotopic (exact) mass is 1320 g/mol. The number of carbonyl (C=O) groups excluding carboxylic acids is 16. The second-order valence-corrected chi connectivity index (χ2v) is 18.2. The zero-order chi connectivity index (χ0) is 71.0. The third kappa shape index (κ3) is 43.6. The number of alkyl carbamates (subject to hydrolysis) is 4. The van der Waals surface area contributed by atoms with Crippen LogP contribution in [0.1, 0.15) is 137 Å². The molecule has 0 spiro atoms. The number of methoxy groups -OCH3 is 10. The number of amides is 7. The maximum Gasteiger partial charge on any atom is 0.407 e. The summed E-state index contributed by atoms with van der Waals surface area (Å²) in [6.07, 6.45) is 4.81. The van der Waals surface area contributed by atoms with E-state index < -0.39 is 96.4 Å². The van der Waals surface area contributed by atoms with Crippen LogP contribution in [0.5, 0.6) is 0 Å². The smallest absolute Gasteiger partial charge is 0.407 e. The van der Waals surface area contributed by atoms with Gasteiger partial charge in [0.25, 0.3) is 11.8 Å². The topological polar surface area (TPSA) is 450 Å². The van der Waals surface area contributed by atoms with E-state index in [0.29, 0.717) is 84.0 Å². The fourth-order valence-electron chi connectivity index (χ4n) is 7.21. The van der Waals surface area contributed by atoms with Gasteiger partial charge in [-0.1, -0.05) is 40.5 Å². The van der Waals surface area contributed by atoms with Crippen LogP contribution in [0.4, 0.5) is 19.2 Å². The second kappa shape index (κ2) is 57.2. The number of hydrogen-bond donors (Lipinski definition) is 6. The SMILES string of the molecule is CC.CC.COC(=O)CC(NC(=O)OC)C(=O)OC.COC(=O)CCC(NC(=O)OC)C(=O)OC.COC(=O)NC(CCCCNCCN1C(=O)C=CC1=O)C(=O)OC.COC(=O)NCCCCC(NC(=O)CCCCCCC(=O)OC1C(=O)CCC1=O)C(=O)OC. The molecule has 6 N–H and O–H groups in total. The summed E-state index contributed by atoms with van der Waals surface area (Å²) in [6.45, 7) is 9.88. The third-order valence-electron chi connectivity index (χ3n) is 12.0. The number of ketones is 2. The van der Waals surface area contributed by atoms with Crippen LogP contribution in [0.3, 0.4) is 0 Å². The molecule has 0 bridgehead atoms. The highest BCUT2D eigenvalue weighted by atomic mass is 16.6. The van der Waals surface area contributed by atoms with E-state index in [1.54, 1.807) is 0 Å². The number of carbonyl (C=O) groups is 16. The largest absolute Gasteiger partial charge is 0.469 e. The average molecular weight is 1320 g/mol. The summed E-state index contributed by atoms with van der Waals surface area (Å²) in [6, 6.07) is -3.52. The lowest BCUT2D eigenvalue weighted by molar-refractivity contribution is -0.157. The first-order chi connectivity index (χ1) is 43.9. The van der Waals surface area contributed by atoms with E-state index in [-0.39, 0.29) is 74.2 Å². The molecule has 0 aromatic carbocycles. The van der Waals surface area contributed by atoms with Crippen molar-refractivity contribution in [1.29, 1.82) is 0 Å². The minimum absolute atomic E-state index is 0.000259. The Balaban J connectivity index is -0.000000578. The number of hydrogen-bond acceptors (Lipinski definition) is 28. The van der Waals surface area contributed by atoms with Crippen LogP contribution in [0.2, 0.25) is 0 Å². The number of ether oxygens (including phenoxy) is 11. The molecular weight excluding hydrogens is 1230 g/mol. The molecule has 0 saturated heterocycles. The zero-order valence-corrected chi connectivity index (χ0v) is 55.4. The van der Waals surface area contributed by atoms with Crippen LogP contribution in [-0.4, -0.2) is 228 Å². The Morgan fingerprint density at radius 1 is 0.413 bits per heavy atom. The predicted molar refractivity (Wildman–Crippen MR) is 322 cm³/mol. The van der Waals surface area contributed by atoms with Crippen LogP contribution >= 0.6 is 0 Å². The average Bonchev–Trinajstić information content (AvgIpc) is 2.47. The lowest BCUT2D eigenvalue weighted by Gasteiger charge is -2.16. The van der Waals surface area contributed by atoms with E-state index in [1.165, 1.54) is 73.9 Å². The fourth-order valence-corrected chi connectivity index (χ4v) is 7.21. The van der Waals surface area contributed by atoms with Gasteiger partial charge >= 0.3 is 66.2 Å². The van der Waals surface area contributed by atoms with Crippen LogP contribution < -0.4 is 31.9 Å². The summed E-state index contributed by atoms with van der Waals surface area (Å²) in [5.41, 5.74) is 0. The Morgan fingerprint density at radius 3 is 1.25 bits per heavy atom. The molecular formula is C58H97N7O27. The number of esters is 7. The number of nitrogens with zero attached hydrogens (tertiary/aromatic N) is 1. The summed E-state index contributed by atoms with van der Waals surface area (Å²) in [5.74, 6) is -5.66. The lowest BCUT2D eigenvalue weighted by Crippen LogP contribution is -2.43. The van der Waals surface area contributed by atoms with Gasteiger partial charge in [-0.2, -0.15) is 0 Å². The molecule has 0 radical (unpaired) electrons. The van der Waals surface area contributed by atoms with E-state index in [0.717, 1.165) is 20.6 Å². The minimum atomic E-state index is -1.23. The van der Waals surface area contributed by atoms with Crippen molar-refractivity contribution in [1.82, 2.24) is 36.8 Å². The number of rotatable bonds is 34. The summed E-state index contributed by atoms with van der Waals surface area (Å²) >= 11 is 0. The maximum atomic E-state index is 12.2. The first kappa shape index (κ1) is 89.4. The summed E-state index contributed by atoms with van der Waals surface area (Å²) in [5, 5.41) is 15.2. The number of imide groups is 1. The van der Waals surface area contributed by atoms with Gasteiger partial charge in [0.1, 0.15) is 24.2 Å². The van der Waals surface area contributed by atoms with Gasteiger partial charge in [-0.25, -0.2) is 38.4 Å². The standard InChI is InChI=1S/C22H34N2O9.C15H23N3O6.C9H15NO6.C8H13NO6.2C2H6/c1-31-21(29)15(9-7-8-14-23-22(30)32-2)24-18(27)10-5-3-4-6-11-19(28)33-20-16(25)12-13-17(20)26;1-23-14(21)11(17-15(22)24-2)5-3-4-8-16-9-10-18-12(19)6-7-13(18)20;1-14-7(11)5-4-6(8(12)15-2)10-9(13)16-3;1-13-6(10)4-5(7(11)14-2)9-8(12)15-3;2*1-2/h15,20H,3-14H2,1-2H3,(H,23,30)(H,24,27);6-7,11,16H,3-5,8-10H2,1-2H3,(H,17,22);6H,4-5H2,1-3H3,(H,10,13);5H,4H2,1-3H3,(H,9,12);2*1-2H3. The first-order valence-corrected chi connectivity index (χ1v) is 29.5. The molecule has 1 fully saturated rings. The molecule has 2 rings (SSSR count). The van der Waals surface area contributed by atoms with Crippen molar-refractivity contribution in [3.05, 3.63) is 12.2 Å². The molecule has 1 aliphatic carbocycles. The van der Waals surface area contributed by atoms with Crippen molar-refractivity contribution in [3.63, 3.8) is 0 Å². The maximum absolute atomic E-state index is 12.2. The Kier molecular flexibility index (Phi) is 55.6. The van der Waals surface area contributed by atoms with Crippen molar-refractivity contribution in [3.8, 4) is 0 Å². The molecule has 2 aliphatic rings. The van der Waals surface area contributed by atoms with Gasteiger partial charge in [-0.15, -0.1) is 0 Å². The van der Waals surface area contributed by atoms with E-state index in [1.807, 2.05) is 27.7 Å². The van der Waals surface area contributed by atoms with Gasteiger partial charge < -0.3 is 84.0 Å². The van der Waals surface area contributed by atoms with Gasteiger partial charge in [-0.05, 0) is 64.3 Å². The normalized spacial score (nSPS) is 12.9. The van der Waals surface area contributed by atoms with Crippen molar-refractivity contribution in [2.45, 2.75) is 167 Å². The Labute approximate surface area is 536 Å². The molecule has 34 nitrogen and oxygen atoms in total. The van der Waals surface area contributed by atoms with E-state index in [2.05, 4.69) is 74.5 Å². The lowest BCUT2D eigenvalue weighted by atomic mass is 10.1. The molecule has 92 heavy (non-hydrogen) atoms. The van der Waals surface area contributed by atoms with Crippen LogP contribution in [0.25, 0.3) is 0 Å². The molecule has 0 aromatic rings.